The van der Waals surface area contributed by atoms with Crippen molar-refractivity contribution in [3.63, 3.8) is 0 Å². The number of thiophene rings is 1. The average molecular weight is 362 g/mol. The quantitative estimate of drug-likeness (QED) is 0.885. The van der Waals surface area contributed by atoms with Gasteiger partial charge in [0.1, 0.15) is 0 Å². The second-order valence-corrected chi connectivity index (χ2v) is 7.42. The number of likely N-dealkylation sites (N-methyl/N-ethyl adjacent to an activating group) is 1. The molecule has 3 amide bonds. The van der Waals surface area contributed by atoms with Crippen LogP contribution < -0.4 is 10.2 Å². The Labute approximate surface area is 148 Å². The first-order valence-electron chi connectivity index (χ1n) is 7.74. The van der Waals surface area contributed by atoms with E-state index in [1.807, 2.05) is 29.6 Å². The van der Waals surface area contributed by atoms with Gasteiger partial charge in [-0.25, -0.2) is 4.79 Å². The lowest BCUT2D eigenvalue weighted by atomic mass is 9.89. The van der Waals surface area contributed by atoms with Gasteiger partial charge in [-0.05, 0) is 29.1 Å². The smallest absolute Gasteiger partial charge is 0.324 e. The highest BCUT2D eigenvalue weighted by Crippen LogP contribution is 2.43. The van der Waals surface area contributed by atoms with Gasteiger partial charge in [0.05, 0.1) is 5.02 Å². The lowest BCUT2D eigenvalue weighted by Crippen LogP contribution is -2.29. The van der Waals surface area contributed by atoms with Crippen molar-refractivity contribution in [1.82, 2.24) is 4.90 Å². The van der Waals surface area contributed by atoms with Gasteiger partial charge in [-0.15, -0.1) is 11.3 Å². The van der Waals surface area contributed by atoms with E-state index in [2.05, 4.69) is 5.32 Å². The molecule has 4 rings (SSSR count). The summed E-state index contributed by atoms with van der Waals surface area (Å²) < 4.78 is 0. The number of benzene rings is 1. The molecule has 0 bridgehead atoms. The molecule has 3 heterocycles. The monoisotopic (exact) mass is 361 g/mol. The number of hydrogen-bond donors (Lipinski definition) is 1. The minimum atomic E-state index is -0.0350. The molecule has 5 nitrogen and oxygen atoms in total. The maximum Gasteiger partial charge on any atom is 0.324 e. The number of anilines is 2. The van der Waals surface area contributed by atoms with E-state index in [9.17, 15) is 9.59 Å². The van der Waals surface area contributed by atoms with E-state index in [1.165, 1.54) is 0 Å². The summed E-state index contributed by atoms with van der Waals surface area (Å²) in [5, 5.41) is 5.57. The number of rotatable bonds is 2. The van der Waals surface area contributed by atoms with Crippen molar-refractivity contribution in [2.45, 2.75) is 12.3 Å². The van der Waals surface area contributed by atoms with E-state index in [0.29, 0.717) is 24.5 Å². The highest BCUT2D eigenvalue weighted by Gasteiger charge is 2.31. The largest absolute Gasteiger partial charge is 0.326 e. The molecule has 1 saturated heterocycles. The molecule has 24 heavy (non-hydrogen) atoms. The van der Waals surface area contributed by atoms with E-state index in [-0.39, 0.29) is 17.9 Å². The summed E-state index contributed by atoms with van der Waals surface area (Å²) in [6, 6.07) is 7.67. The molecule has 1 aromatic heterocycles. The summed E-state index contributed by atoms with van der Waals surface area (Å²) in [5.74, 6) is -0.0637. The lowest BCUT2D eigenvalue weighted by Gasteiger charge is -2.27. The summed E-state index contributed by atoms with van der Waals surface area (Å²) in [6.45, 7) is 1.36. The molecule has 1 fully saturated rings. The maximum atomic E-state index is 12.2. The van der Waals surface area contributed by atoms with Gasteiger partial charge in [-0.2, -0.15) is 0 Å². The minimum Gasteiger partial charge on any atom is -0.326 e. The van der Waals surface area contributed by atoms with Crippen molar-refractivity contribution < 1.29 is 9.59 Å². The van der Waals surface area contributed by atoms with Crippen LogP contribution in [-0.2, 0) is 4.79 Å². The second-order valence-electron chi connectivity index (χ2n) is 6.06. The SMILES string of the molecule is CN1CCN(c2ccc3c(c2)NC(=O)CC3c2sccc2Cl)C1=O. The van der Waals surface area contributed by atoms with Gasteiger partial charge in [0.25, 0.3) is 0 Å². The first-order valence-corrected chi connectivity index (χ1v) is 8.99. The molecular weight excluding hydrogens is 346 g/mol. The Morgan fingerprint density at radius 1 is 1.25 bits per heavy atom. The first-order chi connectivity index (χ1) is 11.5. The van der Waals surface area contributed by atoms with E-state index in [4.69, 9.17) is 11.6 Å². The van der Waals surface area contributed by atoms with Crippen molar-refractivity contribution in [3.8, 4) is 0 Å². The highest BCUT2D eigenvalue weighted by molar-refractivity contribution is 7.10. The fourth-order valence-corrected chi connectivity index (χ4v) is 4.60. The molecule has 0 spiro atoms. The molecule has 0 aliphatic carbocycles. The second kappa shape index (κ2) is 5.79. The van der Waals surface area contributed by atoms with Crippen LogP contribution in [0.5, 0.6) is 0 Å². The van der Waals surface area contributed by atoms with Crippen molar-refractivity contribution >= 4 is 46.3 Å². The highest BCUT2D eigenvalue weighted by atomic mass is 35.5. The van der Waals surface area contributed by atoms with Crippen molar-refractivity contribution in [1.29, 1.82) is 0 Å². The van der Waals surface area contributed by atoms with Gasteiger partial charge in [0, 0.05) is 48.7 Å². The summed E-state index contributed by atoms with van der Waals surface area (Å²) in [5.41, 5.74) is 2.62. The molecule has 2 aromatic rings. The molecule has 0 saturated carbocycles. The van der Waals surface area contributed by atoms with Crippen molar-refractivity contribution in [2.24, 2.45) is 0 Å². The zero-order valence-corrected chi connectivity index (χ0v) is 14.7. The van der Waals surface area contributed by atoms with Crippen LogP contribution in [-0.4, -0.2) is 37.0 Å². The number of fused-ring (bicyclic) bond motifs is 1. The summed E-state index contributed by atoms with van der Waals surface area (Å²) in [4.78, 5) is 28.8. The van der Waals surface area contributed by atoms with Crippen LogP contribution in [0.1, 0.15) is 22.8 Å². The topological polar surface area (TPSA) is 52.6 Å². The predicted molar refractivity (Wildman–Crippen MR) is 96.2 cm³/mol. The van der Waals surface area contributed by atoms with E-state index < -0.39 is 0 Å². The van der Waals surface area contributed by atoms with Crippen LogP contribution in [0.4, 0.5) is 16.2 Å². The standard InChI is InChI=1S/C17H16ClN3O2S/c1-20-5-6-21(17(20)23)10-2-3-11-12(16-13(18)4-7-24-16)9-15(22)19-14(11)8-10/h2-4,7-8,12H,5-6,9H2,1H3,(H,19,22). The van der Waals surface area contributed by atoms with Crippen LogP contribution in [0.25, 0.3) is 0 Å². The lowest BCUT2D eigenvalue weighted by molar-refractivity contribution is -0.116. The molecular formula is C17H16ClN3O2S. The number of carbonyl (C=O) groups is 2. The van der Waals surface area contributed by atoms with E-state index in [0.717, 1.165) is 21.8 Å². The van der Waals surface area contributed by atoms with Crippen molar-refractivity contribution in [3.05, 3.63) is 45.1 Å². The van der Waals surface area contributed by atoms with Crippen molar-refractivity contribution in [2.75, 3.05) is 30.4 Å². The molecule has 1 N–H and O–H groups in total. The number of carbonyl (C=O) groups excluding carboxylic acids is 2. The molecule has 0 radical (unpaired) electrons. The number of hydrogen-bond acceptors (Lipinski definition) is 3. The first kappa shape index (κ1) is 15.5. The number of urea groups is 1. The number of nitrogens with one attached hydrogen (secondary N) is 1. The molecule has 1 atom stereocenters. The van der Waals surface area contributed by atoms with Gasteiger partial charge in [-0.1, -0.05) is 17.7 Å². The van der Waals surface area contributed by atoms with Gasteiger partial charge in [-0.3, -0.25) is 9.69 Å². The molecule has 7 heteroatoms. The third-order valence-electron chi connectivity index (χ3n) is 4.57. The fourth-order valence-electron chi connectivity index (χ4n) is 3.30. The Morgan fingerprint density at radius 2 is 2.08 bits per heavy atom. The molecule has 1 aromatic carbocycles. The van der Waals surface area contributed by atoms with Crippen LogP contribution >= 0.6 is 22.9 Å². The summed E-state index contributed by atoms with van der Waals surface area (Å²) in [7, 11) is 1.79. The molecule has 2 aliphatic rings. The molecule has 124 valence electrons. The Kier molecular flexibility index (Phi) is 3.73. The number of amides is 3. The van der Waals surface area contributed by atoms with Gasteiger partial charge in [0.2, 0.25) is 5.91 Å². The Morgan fingerprint density at radius 3 is 2.75 bits per heavy atom. The normalized spacial score (nSPS) is 20.3. The molecule has 1 unspecified atom stereocenters. The van der Waals surface area contributed by atoms with E-state index >= 15 is 0 Å². The minimum absolute atomic E-state index is 0.0186. The van der Waals surface area contributed by atoms with Gasteiger partial charge in [0.15, 0.2) is 0 Å². The zero-order chi connectivity index (χ0) is 16.8. The van der Waals surface area contributed by atoms with Gasteiger partial charge < -0.3 is 10.2 Å². The number of nitrogens with zero attached hydrogens (tertiary/aromatic N) is 2. The Balaban J connectivity index is 1.74. The van der Waals surface area contributed by atoms with Crippen LogP contribution in [0, 0.1) is 0 Å². The van der Waals surface area contributed by atoms with Gasteiger partial charge >= 0.3 is 6.03 Å². The summed E-state index contributed by atoms with van der Waals surface area (Å²) >= 11 is 7.85. The zero-order valence-electron chi connectivity index (χ0n) is 13.1. The maximum absolute atomic E-state index is 12.2. The Bertz CT molecular complexity index is 835. The Hall–Kier alpha value is -2.05. The van der Waals surface area contributed by atoms with E-state index in [1.54, 1.807) is 28.2 Å². The van der Waals surface area contributed by atoms with Crippen LogP contribution in [0.2, 0.25) is 5.02 Å². The fraction of sp³-hybridized carbons (Fsp3) is 0.294. The van der Waals surface area contributed by atoms with Crippen LogP contribution in [0.3, 0.4) is 0 Å². The summed E-state index contributed by atoms with van der Waals surface area (Å²) in [6.07, 6.45) is 0.387. The number of halogens is 1. The third kappa shape index (κ3) is 2.46. The average Bonchev–Trinajstić information content (AvgIpc) is 3.12. The predicted octanol–water partition coefficient (Wildman–Crippen LogP) is 3.75. The molecule has 2 aliphatic heterocycles. The third-order valence-corrected chi connectivity index (χ3v) is 6.04. The van der Waals surface area contributed by atoms with Crippen LogP contribution in [0.15, 0.2) is 29.6 Å².